The van der Waals surface area contributed by atoms with Gasteiger partial charge in [-0.15, -0.1) is 0 Å². The minimum atomic E-state index is 0.741. The van der Waals surface area contributed by atoms with Gasteiger partial charge in [0.1, 0.15) is 0 Å². The van der Waals surface area contributed by atoms with Gasteiger partial charge in [-0.1, -0.05) is 38.1 Å². The molecule has 0 aromatic heterocycles. The van der Waals surface area contributed by atoms with Gasteiger partial charge in [-0.05, 0) is 42.7 Å². The first-order valence-corrected chi connectivity index (χ1v) is 6.65. The fourth-order valence-electron chi connectivity index (χ4n) is 2.46. The molecule has 1 aromatic carbocycles. The van der Waals surface area contributed by atoms with E-state index in [0.29, 0.717) is 0 Å². The zero-order chi connectivity index (χ0) is 11.4. The number of hydrogen-bond donors (Lipinski definition) is 1. The maximum atomic E-state index is 3.72. The standard InChI is InChI=1S/C15H23N/c1-3-12-7-5-6-8-14(12)11-16-15(4-2)13-9-10-13/h5-8,13,15-16H,3-4,9-11H2,1-2H3. The molecule has 1 aliphatic carbocycles. The van der Waals surface area contributed by atoms with E-state index in [-0.39, 0.29) is 0 Å². The lowest BCUT2D eigenvalue weighted by molar-refractivity contribution is 0.448. The highest BCUT2D eigenvalue weighted by molar-refractivity contribution is 5.26. The Kier molecular flexibility index (Phi) is 4.00. The first-order chi connectivity index (χ1) is 7.85. The highest BCUT2D eigenvalue weighted by Crippen LogP contribution is 2.34. The van der Waals surface area contributed by atoms with E-state index in [1.807, 2.05) is 0 Å². The lowest BCUT2D eigenvalue weighted by atomic mass is 10.0. The lowest BCUT2D eigenvalue weighted by Gasteiger charge is -2.17. The van der Waals surface area contributed by atoms with E-state index in [4.69, 9.17) is 0 Å². The van der Waals surface area contributed by atoms with Crippen molar-refractivity contribution in [1.82, 2.24) is 5.32 Å². The van der Waals surface area contributed by atoms with Gasteiger partial charge in [-0.3, -0.25) is 0 Å². The third kappa shape index (κ3) is 2.85. The van der Waals surface area contributed by atoms with Crippen molar-refractivity contribution in [1.29, 1.82) is 0 Å². The fourth-order valence-corrected chi connectivity index (χ4v) is 2.46. The van der Waals surface area contributed by atoms with Crippen LogP contribution in [0, 0.1) is 5.92 Å². The van der Waals surface area contributed by atoms with Crippen LogP contribution in [-0.4, -0.2) is 6.04 Å². The monoisotopic (exact) mass is 217 g/mol. The van der Waals surface area contributed by atoms with E-state index in [2.05, 4.69) is 43.4 Å². The molecule has 88 valence electrons. The van der Waals surface area contributed by atoms with Crippen molar-refractivity contribution in [2.45, 2.75) is 52.1 Å². The molecule has 1 fully saturated rings. The fraction of sp³-hybridized carbons (Fsp3) is 0.600. The van der Waals surface area contributed by atoms with Gasteiger partial charge in [0, 0.05) is 12.6 Å². The highest BCUT2D eigenvalue weighted by atomic mass is 14.9. The van der Waals surface area contributed by atoms with E-state index >= 15 is 0 Å². The summed E-state index contributed by atoms with van der Waals surface area (Å²) in [5.41, 5.74) is 2.96. The van der Waals surface area contributed by atoms with Crippen LogP contribution in [0.3, 0.4) is 0 Å². The molecule has 2 rings (SSSR count). The van der Waals surface area contributed by atoms with Gasteiger partial charge in [-0.25, -0.2) is 0 Å². The van der Waals surface area contributed by atoms with Gasteiger partial charge in [0.15, 0.2) is 0 Å². The largest absolute Gasteiger partial charge is 0.310 e. The molecular weight excluding hydrogens is 194 g/mol. The van der Waals surface area contributed by atoms with Crippen molar-refractivity contribution >= 4 is 0 Å². The zero-order valence-electron chi connectivity index (χ0n) is 10.5. The summed E-state index contributed by atoms with van der Waals surface area (Å²) in [6, 6.07) is 9.53. The van der Waals surface area contributed by atoms with Gasteiger partial charge in [0.2, 0.25) is 0 Å². The lowest BCUT2D eigenvalue weighted by Crippen LogP contribution is -2.30. The Morgan fingerprint density at radius 2 is 1.88 bits per heavy atom. The number of hydrogen-bond acceptors (Lipinski definition) is 1. The highest BCUT2D eigenvalue weighted by Gasteiger charge is 2.29. The first kappa shape index (κ1) is 11.7. The van der Waals surface area contributed by atoms with E-state index in [1.165, 1.54) is 30.4 Å². The van der Waals surface area contributed by atoms with Crippen LogP contribution in [0.25, 0.3) is 0 Å². The van der Waals surface area contributed by atoms with Gasteiger partial charge in [0.05, 0.1) is 0 Å². The molecule has 1 nitrogen and oxygen atoms in total. The number of nitrogens with one attached hydrogen (secondary N) is 1. The van der Waals surface area contributed by atoms with Crippen LogP contribution < -0.4 is 5.32 Å². The summed E-state index contributed by atoms with van der Waals surface area (Å²) >= 11 is 0. The summed E-state index contributed by atoms with van der Waals surface area (Å²) in [5.74, 6) is 0.957. The van der Waals surface area contributed by atoms with Crippen molar-refractivity contribution in [2.75, 3.05) is 0 Å². The average Bonchev–Trinajstić information content (AvgIpc) is 3.15. The molecule has 1 unspecified atom stereocenters. The minimum absolute atomic E-state index is 0.741. The molecule has 0 heterocycles. The molecule has 1 aliphatic rings. The third-order valence-electron chi connectivity index (χ3n) is 3.68. The molecule has 0 saturated heterocycles. The smallest absolute Gasteiger partial charge is 0.0210 e. The molecule has 16 heavy (non-hydrogen) atoms. The SMILES string of the molecule is CCc1ccccc1CNC(CC)C1CC1. The van der Waals surface area contributed by atoms with E-state index in [9.17, 15) is 0 Å². The molecule has 1 aromatic rings. The van der Waals surface area contributed by atoms with Crippen LogP contribution in [0.2, 0.25) is 0 Å². The molecule has 0 bridgehead atoms. The summed E-state index contributed by atoms with van der Waals surface area (Å²) in [6.07, 6.45) is 5.26. The van der Waals surface area contributed by atoms with Crippen molar-refractivity contribution in [3.8, 4) is 0 Å². The Morgan fingerprint density at radius 3 is 2.44 bits per heavy atom. The average molecular weight is 217 g/mol. The molecule has 1 atom stereocenters. The van der Waals surface area contributed by atoms with Crippen molar-refractivity contribution in [3.05, 3.63) is 35.4 Å². The van der Waals surface area contributed by atoms with Crippen molar-refractivity contribution in [2.24, 2.45) is 5.92 Å². The zero-order valence-corrected chi connectivity index (χ0v) is 10.5. The summed E-state index contributed by atoms with van der Waals surface area (Å²) in [6.45, 7) is 5.57. The van der Waals surface area contributed by atoms with E-state index in [0.717, 1.165) is 24.9 Å². The van der Waals surface area contributed by atoms with Crippen LogP contribution in [-0.2, 0) is 13.0 Å². The Morgan fingerprint density at radius 1 is 1.19 bits per heavy atom. The molecular formula is C15H23N. The van der Waals surface area contributed by atoms with Crippen molar-refractivity contribution < 1.29 is 0 Å². The molecule has 0 radical (unpaired) electrons. The Balaban J connectivity index is 1.92. The van der Waals surface area contributed by atoms with Gasteiger partial charge >= 0.3 is 0 Å². The Bertz CT molecular complexity index is 328. The Hall–Kier alpha value is -0.820. The second kappa shape index (κ2) is 5.49. The molecule has 0 aliphatic heterocycles. The third-order valence-corrected chi connectivity index (χ3v) is 3.68. The summed E-state index contributed by atoms with van der Waals surface area (Å²) in [5, 5.41) is 3.72. The quantitative estimate of drug-likeness (QED) is 0.768. The van der Waals surface area contributed by atoms with Gasteiger partial charge < -0.3 is 5.32 Å². The summed E-state index contributed by atoms with van der Waals surface area (Å²) in [7, 11) is 0. The van der Waals surface area contributed by atoms with E-state index in [1.54, 1.807) is 0 Å². The van der Waals surface area contributed by atoms with Crippen LogP contribution in [0.4, 0.5) is 0 Å². The first-order valence-electron chi connectivity index (χ1n) is 6.65. The second-order valence-corrected chi connectivity index (χ2v) is 4.86. The maximum absolute atomic E-state index is 3.72. The van der Waals surface area contributed by atoms with Crippen LogP contribution >= 0.6 is 0 Å². The van der Waals surface area contributed by atoms with Crippen LogP contribution in [0.1, 0.15) is 44.2 Å². The molecule has 1 heteroatoms. The second-order valence-electron chi connectivity index (χ2n) is 4.86. The van der Waals surface area contributed by atoms with Crippen LogP contribution in [0.5, 0.6) is 0 Å². The normalized spacial score (nSPS) is 17.4. The minimum Gasteiger partial charge on any atom is -0.310 e. The van der Waals surface area contributed by atoms with Crippen molar-refractivity contribution in [3.63, 3.8) is 0 Å². The summed E-state index contributed by atoms with van der Waals surface area (Å²) < 4.78 is 0. The predicted molar refractivity (Wildman–Crippen MR) is 69.5 cm³/mol. The molecule has 0 amide bonds. The molecule has 1 saturated carbocycles. The number of aryl methyl sites for hydroxylation is 1. The summed E-state index contributed by atoms with van der Waals surface area (Å²) in [4.78, 5) is 0. The van der Waals surface area contributed by atoms with Gasteiger partial charge in [-0.2, -0.15) is 0 Å². The predicted octanol–water partition coefficient (Wildman–Crippen LogP) is 3.53. The topological polar surface area (TPSA) is 12.0 Å². The Labute approximate surface area is 99.3 Å². The molecule has 1 N–H and O–H groups in total. The van der Waals surface area contributed by atoms with Crippen LogP contribution in [0.15, 0.2) is 24.3 Å². The van der Waals surface area contributed by atoms with Gasteiger partial charge in [0.25, 0.3) is 0 Å². The maximum Gasteiger partial charge on any atom is 0.0210 e. The molecule has 0 spiro atoms. The number of rotatable bonds is 6. The number of benzene rings is 1. The van der Waals surface area contributed by atoms with E-state index < -0.39 is 0 Å².